The quantitative estimate of drug-likeness (QED) is 0.760. The second-order valence-electron chi connectivity index (χ2n) is 2.43. The zero-order chi connectivity index (χ0) is 8.27. The molecule has 0 amide bonds. The van der Waals surface area contributed by atoms with Crippen LogP contribution < -0.4 is 5.32 Å². The standard InChI is InChI=1S/C8H12ClNO/c1-3-10-6(2)7-4-5-11-8(7)9/h4-6,10H,3H2,1-2H3. The van der Waals surface area contributed by atoms with E-state index in [1.807, 2.05) is 6.07 Å². The van der Waals surface area contributed by atoms with E-state index in [-0.39, 0.29) is 6.04 Å². The minimum atomic E-state index is 0.270. The van der Waals surface area contributed by atoms with Crippen LogP contribution in [0.3, 0.4) is 0 Å². The van der Waals surface area contributed by atoms with Gasteiger partial charge in [-0.15, -0.1) is 0 Å². The first-order chi connectivity index (χ1) is 5.25. The van der Waals surface area contributed by atoms with Crippen LogP contribution in [-0.4, -0.2) is 6.54 Å². The lowest BCUT2D eigenvalue weighted by atomic mass is 10.2. The summed E-state index contributed by atoms with van der Waals surface area (Å²) in [5.74, 6) is 0. The molecule has 0 aliphatic carbocycles. The van der Waals surface area contributed by atoms with Crippen LogP contribution in [0.4, 0.5) is 0 Å². The summed E-state index contributed by atoms with van der Waals surface area (Å²) < 4.78 is 4.96. The summed E-state index contributed by atoms with van der Waals surface area (Å²) in [5.41, 5.74) is 1.02. The lowest BCUT2D eigenvalue weighted by Crippen LogP contribution is -2.17. The Morgan fingerprint density at radius 2 is 2.45 bits per heavy atom. The Morgan fingerprint density at radius 3 is 2.91 bits per heavy atom. The molecule has 0 saturated carbocycles. The zero-order valence-corrected chi connectivity index (χ0v) is 7.48. The van der Waals surface area contributed by atoms with Gasteiger partial charge in [-0.3, -0.25) is 0 Å². The van der Waals surface area contributed by atoms with Gasteiger partial charge >= 0.3 is 0 Å². The molecule has 2 nitrogen and oxygen atoms in total. The maximum absolute atomic E-state index is 5.76. The highest BCUT2D eigenvalue weighted by Gasteiger charge is 2.09. The van der Waals surface area contributed by atoms with Gasteiger partial charge in [-0.1, -0.05) is 6.92 Å². The molecule has 3 heteroatoms. The minimum Gasteiger partial charge on any atom is -0.453 e. The summed E-state index contributed by atoms with van der Waals surface area (Å²) in [6.07, 6.45) is 1.60. The number of rotatable bonds is 3. The smallest absolute Gasteiger partial charge is 0.197 e. The Hall–Kier alpha value is -0.470. The summed E-state index contributed by atoms with van der Waals surface area (Å²) >= 11 is 5.76. The van der Waals surface area contributed by atoms with Crippen molar-refractivity contribution in [3.05, 3.63) is 23.1 Å². The number of nitrogens with one attached hydrogen (secondary N) is 1. The third-order valence-corrected chi connectivity index (χ3v) is 1.93. The molecule has 0 radical (unpaired) electrons. The van der Waals surface area contributed by atoms with Crippen LogP contribution >= 0.6 is 11.6 Å². The maximum Gasteiger partial charge on any atom is 0.197 e. The van der Waals surface area contributed by atoms with E-state index in [4.69, 9.17) is 16.0 Å². The molecule has 0 aliphatic rings. The van der Waals surface area contributed by atoms with Crippen molar-refractivity contribution in [1.29, 1.82) is 0 Å². The SMILES string of the molecule is CCNC(C)c1ccoc1Cl. The van der Waals surface area contributed by atoms with Crippen LogP contribution in [0.25, 0.3) is 0 Å². The van der Waals surface area contributed by atoms with Crippen LogP contribution in [0.5, 0.6) is 0 Å². The van der Waals surface area contributed by atoms with Gasteiger partial charge in [-0.05, 0) is 31.1 Å². The first kappa shape index (κ1) is 8.62. The summed E-state index contributed by atoms with van der Waals surface area (Å²) in [4.78, 5) is 0. The van der Waals surface area contributed by atoms with Gasteiger partial charge in [0.05, 0.1) is 6.26 Å². The van der Waals surface area contributed by atoms with Crippen molar-refractivity contribution in [2.45, 2.75) is 19.9 Å². The molecule has 0 aliphatic heterocycles. The molecule has 1 N–H and O–H groups in total. The van der Waals surface area contributed by atoms with Crippen molar-refractivity contribution < 1.29 is 4.42 Å². The highest BCUT2D eigenvalue weighted by atomic mass is 35.5. The Bertz CT molecular complexity index is 222. The number of halogens is 1. The Balaban J connectivity index is 2.67. The predicted molar refractivity (Wildman–Crippen MR) is 45.8 cm³/mol. The predicted octanol–water partition coefficient (Wildman–Crippen LogP) is 2.60. The minimum absolute atomic E-state index is 0.270. The maximum atomic E-state index is 5.76. The molecule has 1 rings (SSSR count). The average molecular weight is 174 g/mol. The third kappa shape index (κ3) is 1.98. The molecule has 0 saturated heterocycles. The van der Waals surface area contributed by atoms with Crippen molar-refractivity contribution in [2.75, 3.05) is 6.54 Å². The van der Waals surface area contributed by atoms with E-state index >= 15 is 0 Å². The van der Waals surface area contributed by atoms with Gasteiger partial charge < -0.3 is 9.73 Å². The fraction of sp³-hybridized carbons (Fsp3) is 0.500. The fourth-order valence-corrected chi connectivity index (χ4v) is 1.31. The van der Waals surface area contributed by atoms with E-state index < -0.39 is 0 Å². The van der Waals surface area contributed by atoms with E-state index in [1.165, 1.54) is 0 Å². The van der Waals surface area contributed by atoms with E-state index in [0.29, 0.717) is 5.22 Å². The molecule has 1 heterocycles. The topological polar surface area (TPSA) is 25.2 Å². The van der Waals surface area contributed by atoms with Gasteiger partial charge in [0, 0.05) is 11.6 Å². The summed E-state index contributed by atoms with van der Waals surface area (Å²) in [7, 11) is 0. The van der Waals surface area contributed by atoms with E-state index in [0.717, 1.165) is 12.1 Å². The first-order valence-corrected chi connectivity index (χ1v) is 4.09. The van der Waals surface area contributed by atoms with Crippen LogP contribution in [-0.2, 0) is 0 Å². The van der Waals surface area contributed by atoms with Crippen molar-refractivity contribution in [2.24, 2.45) is 0 Å². The highest BCUT2D eigenvalue weighted by Crippen LogP contribution is 2.23. The molecule has 0 aromatic carbocycles. The second-order valence-corrected chi connectivity index (χ2v) is 2.77. The lowest BCUT2D eigenvalue weighted by Gasteiger charge is -2.09. The molecule has 1 unspecified atom stereocenters. The zero-order valence-electron chi connectivity index (χ0n) is 6.73. The van der Waals surface area contributed by atoms with Crippen molar-refractivity contribution in [1.82, 2.24) is 5.32 Å². The molecule has 62 valence electrons. The molecule has 11 heavy (non-hydrogen) atoms. The van der Waals surface area contributed by atoms with E-state index in [1.54, 1.807) is 6.26 Å². The van der Waals surface area contributed by atoms with Gasteiger partial charge in [-0.25, -0.2) is 0 Å². The van der Waals surface area contributed by atoms with Crippen LogP contribution in [0.15, 0.2) is 16.7 Å². The van der Waals surface area contributed by atoms with Gasteiger partial charge in [0.1, 0.15) is 0 Å². The first-order valence-electron chi connectivity index (χ1n) is 3.72. The summed E-state index contributed by atoms with van der Waals surface area (Å²) in [6, 6.07) is 2.15. The molecule has 1 aromatic heterocycles. The lowest BCUT2D eigenvalue weighted by molar-refractivity contribution is 0.547. The number of furan rings is 1. The fourth-order valence-electron chi connectivity index (χ4n) is 1.03. The Labute approximate surface area is 71.5 Å². The molecule has 1 aromatic rings. The van der Waals surface area contributed by atoms with Gasteiger partial charge in [-0.2, -0.15) is 0 Å². The normalized spacial score (nSPS) is 13.4. The monoisotopic (exact) mass is 173 g/mol. The van der Waals surface area contributed by atoms with Crippen LogP contribution in [0.1, 0.15) is 25.5 Å². The molecule has 1 atom stereocenters. The van der Waals surface area contributed by atoms with Gasteiger partial charge in [0.15, 0.2) is 5.22 Å². The van der Waals surface area contributed by atoms with Crippen molar-refractivity contribution in [3.63, 3.8) is 0 Å². The van der Waals surface area contributed by atoms with Crippen LogP contribution in [0.2, 0.25) is 5.22 Å². The van der Waals surface area contributed by atoms with Crippen molar-refractivity contribution in [3.8, 4) is 0 Å². The Kier molecular flexibility index (Phi) is 2.97. The highest BCUT2D eigenvalue weighted by molar-refractivity contribution is 6.29. The molecule has 0 spiro atoms. The van der Waals surface area contributed by atoms with Crippen LogP contribution in [0, 0.1) is 0 Å². The summed E-state index contributed by atoms with van der Waals surface area (Å²) in [5, 5.41) is 3.73. The van der Waals surface area contributed by atoms with Crippen molar-refractivity contribution >= 4 is 11.6 Å². The van der Waals surface area contributed by atoms with Gasteiger partial charge in [0.2, 0.25) is 0 Å². The van der Waals surface area contributed by atoms with E-state index in [2.05, 4.69) is 19.2 Å². The summed E-state index contributed by atoms with van der Waals surface area (Å²) in [6.45, 7) is 5.05. The molecule has 0 bridgehead atoms. The molecular weight excluding hydrogens is 162 g/mol. The Morgan fingerprint density at radius 1 is 1.73 bits per heavy atom. The van der Waals surface area contributed by atoms with Gasteiger partial charge in [0.25, 0.3) is 0 Å². The average Bonchev–Trinajstić information content (AvgIpc) is 2.36. The molecular formula is C8H12ClNO. The number of hydrogen-bond acceptors (Lipinski definition) is 2. The number of hydrogen-bond donors (Lipinski definition) is 1. The largest absolute Gasteiger partial charge is 0.453 e. The molecule has 0 fully saturated rings. The second kappa shape index (κ2) is 3.79. The van der Waals surface area contributed by atoms with E-state index in [9.17, 15) is 0 Å². The third-order valence-electron chi connectivity index (χ3n) is 1.62.